The Labute approximate surface area is 131 Å². The highest BCUT2D eigenvalue weighted by Crippen LogP contribution is 2.26. The molecule has 0 aliphatic heterocycles. The second-order valence-electron chi connectivity index (χ2n) is 4.60. The lowest BCUT2D eigenvalue weighted by atomic mass is 10.1. The maximum absolute atomic E-state index is 12.3. The number of phenolic OH excluding ortho intramolecular Hbond substituents is 1. The van der Waals surface area contributed by atoms with Crippen molar-refractivity contribution < 1.29 is 14.6 Å². The molecule has 0 saturated heterocycles. The van der Waals surface area contributed by atoms with Crippen LogP contribution in [0.15, 0.2) is 46.9 Å². The number of rotatable bonds is 4. The SMILES string of the molecule is COc1ccccc1C(C)NC(=O)c1cc(Br)ccc1O. The Morgan fingerprint density at radius 2 is 2.00 bits per heavy atom. The first-order valence-corrected chi connectivity index (χ1v) is 7.24. The Morgan fingerprint density at radius 1 is 1.29 bits per heavy atom. The van der Waals surface area contributed by atoms with Gasteiger partial charge in [-0.2, -0.15) is 0 Å². The molecular weight excluding hydrogens is 334 g/mol. The van der Waals surface area contributed by atoms with Gasteiger partial charge in [0.2, 0.25) is 0 Å². The fraction of sp³-hybridized carbons (Fsp3) is 0.188. The fourth-order valence-electron chi connectivity index (χ4n) is 2.07. The molecule has 2 N–H and O–H groups in total. The quantitative estimate of drug-likeness (QED) is 0.885. The summed E-state index contributed by atoms with van der Waals surface area (Å²) in [6.45, 7) is 1.87. The van der Waals surface area contributed by atoms with Gasteiger partial charge >= 0.3 is 0 Å². The number of nitrogens with one attached hydrogen (secondary N) is 1. The predicted molar refractivity (Wildman–Crippen MR) is 84.7 cm³/mol. The van der Waals surface area contributed by atoms with Crippen LogP contribution >= 0.6 is 15.9 Å². The molecule has 1 amide bonds. The molecule has 21 heavy (non-hydrogen) atoms. The summed E-state index contributed by atoms with van der Waals surface area (Å²) in [7, 11) is 1.59. The second-order valence-corrected chi connectivity index (χ2v) is 5.51. The maximum Gasteiger partial charge on any atom is 0.255 e. The first-order chi connectivity index (χ1) is 10.0. The normalized spacial score (nSPS) is 11.8. The molecule has 0 radical (unpaired) electrons. The van der Waals surface area contributed by atoms with Gasteiger partial charge < -0.3 is 15.2 Å². The molecule has 0 aromatic heterocycles. The topological polar surface area (TPSA) is 58.6 Å². The fourth-order valence-corrected chi connectivity index (χ4v) is 2.43. The molecule has 1 atom stereocenters. The van der Waals surface area contributed by atoms with Crippen molar-refractivity contribution in [3.63, 3.8) is 0 Å². The average molecular weight is 350 g/mol. The number of carbonyl (C=O) groups excluding carboxylic acids is 1. The lowest BCUT2D eigenvalue weighted by Gasteiger charge is -2.17. The van der Waals surface area contributed by atoms with Crippen molar-refractivity contribution in [3.8, 4) is 11.5 Å². The van der Waals surface area contributed by atoms with Gasteiger partial charge in [0.15, 0.2) is 0 Å². The molecule has 2 aromatic rings. The predicted octanol–water partition coefficient (Wildman–Crippen LogP) is 3.65. The monoisotopic (exact) mass is 349 g/mol. The number of para-hydroxylation sites is 1. The summed E-state index contributed by atoms with van der Waals surface area (Å²) >= 11 is 3.29. The summed E-state index contributed by atoms with van der Waals surface area (Å²) in [5.41, 5.74) is 1.11. The van der Waals surface area contributed by atoms with Crippen molar-refractivity contribution in [1.82, 2.24) is 5.32 Å². The molecule has 0 aliphatic carbocycles. The van der Waals surface area contributed by atoms with Crippen LogP contribution in [0.25, 0.3) is 0 Å². The molecular formula is C16H16BrNO3. The lowest BCUT2D eigenvalue weighted by Crippen LogP contribution is -2.27. The molecule has 0 aliphatic rings. The zero-order valence-corrected chi connectivity index (χ0v) is 13.3. The third kappa shape index (κ3) is 3.55. The van der Waals surface area contributed by atoms with Crippen LogP contribution in [0.3, 0.4) is 0 Å². The molecule has 5 heteroatoms. The lowest BCUT2D eigenvalue weighted by molar-refractivity contribution is 0.0937. The minimum atomic E-state index is -0.341. The Hall–Kier alpha value is -2.01. The molecule has 0 fully saturated rings. The van der Waals surface area contributed by atoms with E-state index in [0.29, 0.717) is 5.75 Å². The van der Waals surface area contributed by atoms with Crippen molar-refractivity contribution >= 4 is 21.8 Å². The molecule has 0 spiro atoms. The zero-order chi connectivity index (χ0) is 15.4. The number of hydrogen-bond acceptors (Lipinski definition) is 3. The zero-order valence-electron chi connectivity index (χ0n) is 11.8. The van der Waals surface area contributed by atoms with Gasteiger partial charge in [0.25, 0.3) is 5.91 Å². The van der Waals surface area contributed by atoms with Crippen molar-refractivity contribution in [3.05, 3.63) is 58.1 Å². The number of ether oxygens (including phenoxy) is 1. The van der Waals surface area contributed by atoms with E-state index < -0.39 is 0 Å². The van der Waals surface area contributed by atoms with E-state index in [1.807, 2.05) is 31.2 Å². The van der Waals surface area contributed by atoms with Crippen LogP contribution in [0, 0.1) is 0 Å². The van der Waals surface area contributed by atoms with Crippen molar-refractivity contribution in [2.24, 2.45) is 0 Å². The first-order valence-electron chi connectivity index (χ1n) is 6.45. The van der Waals surface area contributed by atoms with Gasteiger partial charge in [-0.1, -0.05) is 34.1 Å². The molecule has 0 bridgehead atoms. The Kier molecular flexibility index (Phi) is 4.85. The molecule has 0 saturated carbocycles. The van der Waals surface area contributed by atoms with Gasteiger partial charge in [0.1, 0.15) is 11.5 Å². The number of amides is 1. The standard InChI is InChI=1S/C16H16BrNO3/c1-10(12-5-3-4-6-15(12)21-2)18-16(20)13-9-11(17)7-8-14(13)19/h3-10,19H,1-2H3,(H,18,20). The number of carbonyl (C=O) groups is 1. The van der Waals surface area contributed by atoms with Crippen LogP contribution in [0.1, 0.15) is 28.9 Å². The van der Waals surface area contributed by atoms with E-state index in [0.717, 1.165) is 10.0 Å². The third-order valence-electron chi connectivity index (χ3n) is 3.16. The number of methoxy groups -OCH3 is 1. The molecule has 2 rings (SSSR count). The van der Waals surface area contributed by atoms with E-state index in [9.17, 15) is 9.90 Å². The van der Waals surface area contributed by atoms with Crippen LogP contribution in [-0.4, -0.2) is 18.1 Å². The third-order valence-corrected chi connectivity index (χ3v) is 3.65. The summed E-state index contributed by atoms with van der Waals surface area (Å²) in [6.07, 6.45) is 0. The van der Waals surface area contributed by atoms with E-state index in [1.54, 1.807) is 19.2 Å². The summed E-state index contributed by atoms with van der Waals surface area (Å²) in [5.74, 6) is 0.318. The smallest absolute Gasteiger partial charge is 0.255 e. The second kappa shape index (κ2) is 6.63. The van der Waals surface area contributed by atoms with E-state index in [2.05, 4.69) is 21.2 Å². The van der Waals surface area contributed by atoms with Gasteiger partial charge in [0.05, 0.1) is 18.7 Å². The highest BCUT2D eigenvalue weighted by Gasteiger charge is 2.17. The Bertz CT molecular complexity index is 658. The van der Waals surface area contributed by atoms with E-state index >= 15 is 0 Å². The number of aromatic hydroxyl groups is 1. The van der Waals surface area contributed by atoms with Gasteiger partial charge in [-0.3, -0.25) is 4.79 Å². The molecule has 1 unspecified atom stereocenters. The number of hydrogen-bond donors (Lipinski definition) is 2. The van der Waals surface area contributed by atoms with Crippen molar-refractivity contribution in [1.29, 1.82) is 0 Å². The number of phenols is 1. The summed E-state index contributed by atoms with van der Waals surface area (Å²) < 4.78 is 6.02. The molecule has 4 nitrogen and oxygen atoms in total. The van der Waals surface area contributed by atoms with Gasteiger partial charge in [-0.15, -0.1) is 0 Å². The Balaban J connectivity index is 2.21. The van der Waals surface area contributed by atoms with Gasteiger partial charge in [-0.05, 0) is 31.2 Å². The summed E-state index contributed by atoms with van der Waals surface area (Å²) in [5, 5.41) is 12.6. The van der Waals surface area contributed by atoms with Crippen molar-refractivity contribution in [2.45, 2.75) is 13.0 Å². The molecule has 2 aromatic carbocycles. The largest absolute Gasteiger partial charge is 0.507 e. The highest BCUT2D eigenvalue weighted by molar-refractivity contribution is 9.10. The van der Waals surface area contributed by atoms with Crippen LogP contribution in [-0.2, 0) is 0 Å². The highest BCUT2D eigenvalue weighted by atomic mass is 79.9. The van der Waals surface area contributed by atoms with Crippen LogP contribution < -0.4 is 10.1 Å². The van der Waals surface area contributed by atoms with E-state index in [1.165, 1.54) is 6.07 Å². The van der Waals surface area contributed by atoms with E-state index in [-0.39, 0.29) is 23.3 Å². The average Bonchev–Trinajstić information content (AvgIpc) is 2.49. The van der Waals surface area contributed by atoms with Gasteiger partial charge in [-0.25, -0.2) is 0 Å². The van der Waals surface area contributed by atoms with Crippen LogP contribution in [0.2, 0.25) is 0 Å². The van der Waals surface area contributed by atoms with Gasteiger partial charge in [0, 0.05) is 10.0 Å². The van der Waals surface area contributed by atoms with Crippen molar-refractivity contribution in [2.75, 3.05) is 7.11 Å². The van der Waals surface area contributed by atoms with E-state index in [4.69, 9.17) is 4.74 Å². The summed E-state index contributed by atoms with van der Waals surface area (Å²) in [4.78, 5) is 12.3. The van der Waals surface area contributed by atoms with Crippen LogP contribution in [0.5, 0.6) is 11.5 Å². The van der Waals surface area contributed by atoms with Crippen LogP contribution in [0.4, 0.5) is 0 Å². The Morgan fingerprint density at radius 3 is 2.71 bits per heavy atom. The number of halogens is 1. The molecule has 0 heterocycles. The minimum Gasteiger partial charge on any atom is -0.507 e. The minimum absolute atomic E-state index is 0.0528. The molecule has 110 valence electrons. The maximum atomic E-state index is 12.3. The number of benzene rings is 2. The summed E-state index contributed by atoms with van der Waals surface area (Å²) in [6, 6.07) is 12.0. The first kappa shape index (κ1) is 15.4.